The summed E-state index contributed by atoms with van der Waals surface area (Å²) in [4.78, 5) is 25.5. The van der Waals surface area contributed by atoms with E-state index in [2.05, 4.69) is 16.5 Å². The van der Waals surface area contributed by atoms with Gasteiger partial charge in [0.25, 0.3) is 5.91 Å². The molecule has 1 aliphatic heterocycles. The van der Waals surface area contributed by atoms with Crippen molar-refractivity contribution in [3.05, 3.63) is 125 Å². The number of nitrogens with zero attached hydrogens (tertiary/aromatic N) is 2. The molecule has 1 heterocycles. The van der Waals surface area contributed by atoms with Gasteiger partial charge in [0.15, 0.2) is 0 Å². The zero-order chi connectivity index (χ0) is 26.2. The Labute approximate surface area is 224 Å². The Kier molecular flexibility index (Phi) is 6.02. The van der Waals surface area contributed by atoms with Crippen LogP contribution in [-0.2, 0) is 9.53 Å². The van der Waals surface area contributed by atoms with E-state index in [-0.39, 0.29) is 17.7 Å². The lowest BCUT2D eigenvalue weighted by atomic mass is 9.95. The first-order valence-electron chi connectivity index (χ1n) is 12.1. The summed E-state index contributed by atoms with van der Waals surface area (Å²) in [6, 6.07) is 32.2. The summed E-state index contributed by atoms with van der Waals surface area (Å²) in [5.41, 5.74) is 2.42. The molecule has 2 amide bonds. The van der Waals surface area contributed by atoms with Crippen LogP contribution in [0.5, 0.6) is 0 Å². The normalized spacial score (nSPS) is 14.8. The van der Waals surface area contributed by atoms with E-state index in [1.807, 2.05) is 54.6 Å². The number of halogens is 1. The Balaban J connectivity index is 1.38. The van der Waals surface area contributed by atoms with Crippen molar-refractivity contribution in [1.82, 2.24) is 5.01 Å². The van der Waals surface area contributed by atoms with Crippen molar-refractivity contribution in [2.75, 3.05) is 5.32 Å². The Morgan fingerprint density at radius 2 is 1.50 bits per heavy atom. The largest absolute Gasteiger partial charge is 0.446 e. The molecule has 0 aromatic heterocycles. The first-order valence-corrected chi connectivity index (χ1v) is 12.5. The van der Waals surface area contributed by atoms with Gasteiger partial charge in [-0.25, -0.2) is 0 Å². The molecule has 0 spiro atoms. The molecule has 6 rings (SSSR count). The van der Waals surface area contributed by atoms with Crippen LogP contribution in [-0.4, -0.2) is 22.7 Å². The van der Waals surface area contributed by atoms with E-state index >= 15 is 0 Å². The van der Waals surface area contributed by atoms with Gasteiger partial charge in [0.05, 0.1) is 10.6 Å². The summed E-state index contributed by atoms with van der Waals surface area (Å²) in [6.07, 6.45) is -0.750. The molecule has 7 heteroatoms. The van der Waals surface area contributed by atoms with Gasteiger partial charge in [-0.1, -0.05) is 78.3 Å². The second-order valence-corrected chi connectivity index (χ2v) is 9.39. The van der Waals surface area contributed by atoms with E-state index in [9.17, 15) is 9.59 Å². The highest BCUT2D eigenvalue weighted by molar-refractivity contribution is 6.34. The third-order valence-corrected chi connectivity index (χ3v) is 6.84. The Morgan fingerprint density at radius 3 is 2.18 bits per heavy atom. The second kappa shape index (κ2) is 9.65. The SMILES string of the molecule is CC(=O)N1N=C(c2cccc(NC(=O)c3ccccc3Cl)c2)O[C@@H]1c1c2ccccc2cc2ccccc12. The Hall–Kier alpha value is -4.68. The lowest BCUT2D eigenvalue weighted by Crippen LogP contribution is -2.25. The highest BCUT2D eigenvalue weighted by Gasteiger charge is 2.35. The number of benzene rings is 5. The van der Waals surface area contributed by atoms with Crippen LogP contribution in [0.2, 0.25) is 5.02 Å². The van der Waals surface area contributed by atoms with Crippen LogP contribution < -0.4 is 5.32 Å². The van der Waals surface area contributed by atoms with Crippen LogP contribution in [0.3, 0.4) is 0 Å². The summed E-state index contributed by atoms with van der Waals surface area (Å²) in [5, 5.41) is 13.2. The standard InChI is InChI=1S/C31H22ClN3O3/c1-19(36)35-31(28-24-13-4-2-9-20(24)17-21-10-3-5-14-25(21)28)38-30(34-35)22-11-8-12-23(18-22)33-29(37)26-15-6-7-16-27(26)32/h2-18,31H,1H3,(H,33,37)/t31-/m1/s1. The zero-order valence-corrected chi connectivity index (χ0v) is 21.1. The van der Waals surface area contributed by atoms with Crippen LogP contribution in [0, 0.1) is 0 Å². The third-order valence-electron chi connectivity index (χ3n) is 6.51. The fourth-order valence-corrected chi connectivity index (χ4v) is 4.98. The predicted octanol–water partition coefficient (Wildman–Crippen LogP) is 7.14. The zero-order valence-electron chi connectivity index (χ0n) is 20.4. The maximum Gasteiger partial charge on any atom is 0.257 e. The molecule has 6 nitrogen and oxygen atoms in total. The average Bonchev–Trinajstić information content (AvgIpc) is 3.37. The second-order valence-electron chi connectivity index (χ2n) is 8.99. The van der Waals surface area contributed by atoms with Gasteiger partial charge in [-0.3, -0.25) is 9.59 Å². The number of ether oxygens (including phenoxy) is 1. The average molecular weight is 520 g/mol. The maximum absolute atomic E-state index is 12.8. The summed E-state index contributed by atoms with van der Waals surface area (Å²) >= 11 is 6.19. The Morgan fingerprint density at radius 1 is 0.842 bits per heavy atom. The molecule has 1 atom stereocenters. The minimum absolute atomic E-state index is 0.245. The molecular weight excluding hydrogens is 498 g/mol. The molecule has 1 aliphatic rings. The third kappa shape index (κ3) is 4.25. The number of carbonyl (C=O) groups is 2. The summed E-state index contributed by atoms with van der Waals surface area (Å²) in [7, 11) is 0. The van der Waals surface area contributed by atoms with Gasteiger partial charge in [0.2, 0.25) is 18.0 Å². The van der Waals surface area contributed by atoms with Gasteiger partial charge in [-0.2, -0.15) is 5.01 Å². The van der Waals surface area contributed by atoms with Gasteiger partial charge in [-0.15, -0.1) is 5.10 Å². The van der Waals surface area contributed by atoms with Crippen molar-refractivity contribution >= 4 is 56.5 Å². The molecule has 5 aromatic carbocycles. The van der Waals surface area contributed by atoms with Crippen LogP contribution in [0.25, 0.3) is 21.5 Å². The fourth-order valence-electron chi connectivity index (χ4n) is 4.76. The summed E-state index contributed by atoms with van der Waals surface area (Å²) in [5.74, 6) is -0.284. The molecule has 0 saturated heterocycles. The highest BCUT2D eigenvalue weighted by Crippen LogP contribution is 2.39. The molecule has 0 unspecified atom stereocenters. The van der Waals surface area contributed by atoms with Crippen molar-refractivity contribution in [1.29, 1.82) is 0 Å². The number of rotatable bonds is 4. The van der Waals surface area contributed by atoms with E-state index in [1.54, 1.807) is 42.5 Å². The van der Waals surface area contributed by atoms with Crippen LogP contribution in [0.15, 0.2) is 108 Å². The molecule has 186 valence electrons. The number of anilines is 1. The summed E-state index contributed by atoms with van der Waals surface area (Å²) < 4.78 is 6.41. The molecule has 0 fully saturated rings. The number of carbonyl (C=O) groups excluding carboxylic acids is 2. The molecule has 0 bridgehead atoms. The van der Waals surface area contributed by atoms with E-state index in [1.165, 1.54) is 11.9 Å². The quantitative estimate of drug-likeness (QED) is 0.256. The molecule has 0 saturated carbocycles. The number of hydrogen-bond acceptors (Lipinski definition) is 4. The molecule has 38 heavy (non-hydrogen) atoms. The number of fused-ring (bicyclic) bond motifs is 2. The molecule has 0 aliphatic carbocycles. The van der Waals surface area contributed by atoms with Crippen LogP contribution in [0.4, 0.5) is 5.69 Å². The molecular formula is C31H22ClN3O3. The monoisotopic (exact) mass is 519 g/mol. The van der Waals surface area contributed by atoms with Crippen LogP contribution in [0.1, 0.15) is 34.6 Å². The predicted molar refractivity (Wildman–Crippen MR) is 150 cm³/mol. The van der Waals surface area contributed by atoms with E-state index in [4.69, 9.17) is 16.3 Å². The lowest BCUT2D eigenvalue weighted by Gasteiger charge is -2.23. The van der Waals surface area contributed by atoms with Gasteiger partial charge < -0.3 is 10.1 Å². The molecule has 5 aromatic rings. The minimum Gasteiger partial charge on any atom is -0.446 e. The van der Waals surface area contributed by atoms with Crippen molar-refractivity contribution in [3.8, 4) is 0 Å². The number of hydrogen-bond donors (Lipinski definition) is 1. The minimum atomic E-state index is -0.750. The maximum atomic E-state index is 12.8. The highest BCUT2D eigenvalue weighted by atomic mass is 35.5. The van der Waals surface area contributed by atoms with Gasteiger partial charge in [0, 0.05) is 23.7 Å². The van der Waals surface area contributed by atoms with Crippen molar-refractivity contribution < 1.29 is 14.3 Å². The lowest BCUT2D eigenvalue weighted by molar-refractivity contribution is -0.135. The van der Waals surface area contributed by atoms with E-state index in [0.29, 0.717) is 21.8 Å². The van der Waals surface area contributed by atoms with Crippen molar-refractivity contribution in [2.24, 2.45) is 5.10 Å². The number of nitrogens with one attached hydrogen (secondary N) is 1. The van der Waals surface area contributed by atoms with Crippen molar-refractivity contribution in [2.45, 2.75) is 13.2 Å². The van der Waals surface area contributed by atoms with Crippen LogP contribution >= 0.6 is 11.6 Å². The van der Waals surface area contributed by atoms with Crippen molar-refractivity contribution in [3.63, 3.8) is 0 Å². The molecule has 1 N–H and O–H groups in total. The molecule has 0 radical (unpaired) electrons. The van der Waals surface area contributed by atoms with Gasteiger partial charge in [0.1, 0.15) is 0 Å². The fraction of sp³-hybridized carbons (Fsp3) is 0.0645. The van der Waals surface area contributed by atoms with Gasteiger partial charge in [-0.05, 0) is 57.9 Å². The van der Waals surface area contributed by atoms with E-state index < -0.39 is 6.23 Å². The number of hydrazone groups is 1. The Bertz CT molecular complexity index is 1710. The number of amides is 2. The smallest absolute Gasteiger partial charge is 0.257 e. The first-order chi connectivity index (χ1) is 18.5. The van der Waals surface area contributed by atoms with Gasteiger partial charge >= 0.3 is 0 Å². The topological polar surface area (TPSA) is 71.0 Å². The first kappa shape index (κ1) is 23.7. The van der Waals surface area contributed by atoms with E-state index in [0.717, 1.165) is 27.1 Å². The summed E-state index contributed by atoms with van der Waals surface area (Å²) in [6.45, 7) is 1.47.